The molecule has 6 aromatic carbocycles. The molecule has 0 aliphatic carbocycles. The van der Waals surface area contributed by atoms with Gasteiger partial charge in [-0.1, -0.05) is 98.0 Å². The highest BCUT2D eigenvalue weighted by atomic mass is 35.5. The normalized spacial score (nSPS) is 18.1. The number of carbonyl (C=O) groups is 4. The smallest absolute Gasteiger partial charge is 0.251 e. The van der Waals surface area contributed by atoms with Gasteiger partial charge in [-0.05, 0) is 88.3 Å². The van der Waals surface area contributed by atoms with Crippen LogP contribution in [0.5, 0.6) is 11.5 Å². The number of nitrogens with one attached hydrogen (secondary N) is 4. The van der Waals surface area contributed by atoms with Crippen molar-refractivity contribution < 1.29 is 42.2 Å². The van der Waals surface area contributed by atoms with Crippen LogP contribution >= 0.6 is 34.8 Å². The van der Waals surface area contributed by atoms with Crippen molar-refractivity contribution >= 4 is 104 Å². The highest BCUT2D eigenvalue weighted by molar-refractivity contribution is 6.35. The molecule has 5 N–H and O–H groups in total. The zero-order valence-electron chi connectivity index (χ0n) is 47.4. The Morgan fingerprint density at radius 2 is 1.64 bits per heavy atom. The van der Waals surface area contributed by atoms with Gasteiger partial charge < -0.3 is 45.8 Å². The monoisotopic (exact) mass is 1210 g/mol. The third kappa shape index (κ3) is 12.6. The molecule has 16 nitrogen and oxygen atoms in total. The van der Waals surface area contributed by atoms with Crippen LogP contribution in [0.1, 0.15) is 67.9 Å². The Labute approximate surface area is 499 Å². The number of hydrogen-bond donors (Lipinski definition) is 5. The summed E-state index contributed by atoms with van der Waals surface area (Å²) in [4.78, 5) is 73.0. The minimum atomic E-state index is -1.45. The highest BCUT2D eigenvalue weighted by Crippen LogP contribution is 2.53. The molecule has 3 heterocycles. The van der Waals surface area contributed by atoms with Gasteiger partial charge in [0, 0.05) is 119 Å². The van der Waals surface area contributed by atoms with Crippen LogP contribution < -0.4 is 30.9 Å². The second-order valence-corrected chi connectivity index (χ2v) is 23.5. The van der Waals surface area contributed by atoms with Gasteiger partial charge >= 0.3 is 0 Å². The first-order valence-electron chi connectivity index (χ1n) is 27.3. The molecule has 4 amide bonds. The van der Waals surface area contributed by atoms with Gasteiger partial charge in [-0.15, -0.1) is 0 Å². The van der Waals surface area contributed by atoms with Gasteiger partial charge in [0.15, 0.2) is 5.82 Å². The molecule has 0 radical (unpaired) electrons. The number of ether oxygens (including phenoxy) is 1. The minimum Gasteiger partial charge on any atom is -0.508 e. The van der Waals surface area contributed by atoms with Crippen LogP contribution in [0.15, 0.2) is 102 Å². The summed E-state index contributed by atoms with van der Waals surface area (Å²) in [5, 5.41) is 24.7. The lowest BCUT2D eigenvalue weighted by Gasteiger charge is -2.40. The molecule has 4 atom stereocenters. The quantitative estimate of drug-likeness (QED) is 0.0545. The Kier molecular flexibility index (Phi) is 18.3. The van der Waals surface area contributed by atoms with Crippen LogP contribution in [0.3, 0.4) is 0 Å². The maximum absolute atomic E-state index is 17.1. The van der Waals surface area contributed by atoms with Crippen molar-refractivity contribution in [2.75, 3.05) is 82.6 Å². The van der Waals surface area contributed by atoms with Crippen LogP contribution in [0.4, 0.5) is 30.6 Å². The molecular weight excluding hydrogens is 1140 g/mol. The summed E-state index contributed by atoms with van der Waals surface area (Å²) in [7, 11) is 4.50. The largest absolute Gasteiger partial charge is 0.508 e. The Bertz CT molecular complexity index is 3730. The van der Waals surface area contributed by atoms with E-state index in [9.17, 15) is 24.3 Å². The van der Waals surface area contributed by atoms with Gasteiger partial charge in [0.25, 0.3) is 5.91 Å². The number of aromatic nitrogens is 2. The number of piperazine rings is 1. The van der Waals surface area contributed by atoms with E-state index in [-0.39, 0.29) is 109 Å². The summed E-state index contributed by atoms with van der Waals surface area (Å²) in [6.07, 6.45) is 1.94. The first-order valence-corrected chi connectivity index (χ1v) is 28.4. The van der Waals surface area contributed by atoms with E-state index in [1.807, 2.05) is 43.9 Å². The van der Waals surface area contributed by atoms with E-state index >= 15 is 13.2 Å². The Morgan fingerprint density at radius 3 is 2.35 bits per heavy atom. The Morgan fingerprint density at radius 1 is 0.893 bits per heavy atom. The van der Waals surface area contributed by atoms with Crippen molar-refractivity contribution in [1.82, 2.24) is 30.4 Å². The van der Waals surface area contributed by atoms with E-state index < -0.39 is 52.7 Å². The van der Waals surface area contributed by atoms with E-state index in [0.717, 1.165) is 0 Å². The lowest BCUT2D eigenvalue weighted by Crippen LogP contribution is -2.48. The molecule has 0 unspecified atom stereocenters. The number of phenolic OH excluding ortho intramolecular Hbond substituents is 1. The number of aromatic hydroxyl groups is 1. The maximum atomic E-state index is 17.1. The second kappa shape index (κ2) is 25.2. The van der Waals surface area contributed by atoms with Crippen molar-refractivity contribution in [2.24, 2.45) is 10.4 Å². The van der Waals surface area contributed by atoms with Gasteiger partial charge in [0.05, 0.1) is 34.3 Å². The average Bonchev–Trinajstić information content (AvgIpc) is 1.94. The molecule has 0 spiro atoms. The van der Waals surface area contributed by atoms with Crippen LogP contribution in [0.2, 0.25) is 15.1 Å². The van der Waals surface area contributed by atoms with E-state index in [1.165, 1.54) is 74.5 Å². The van der Waals surface area contributed by atoms with E-state index in [0.29, 0.717) is 60.1 Å². The number of benzene rings is 6. The molecule has 84 heavy (non-hydrogen) atoms. The van der Waals surface area contributed by atoms with Crippen molar-refractivity contribution in [3.8, 4) is 22.6 Å². The van der Waals surface area contributed by atoms with Crippen molar-refractivity contribution in [3.05, 3.63) is 146 Å². The summed E-state index contributed by atoms with van der Waals surface area (Å²) in [6, 6.07) is 23.2. The fourth-order valence-electron chi connectivity index (χ4n) is 11.5. The van der Waals surface area contributed by atoms with E-state index in [4.69, 9.17) is 44.5 Å². The lowest BCUT2D eigenvalue weighted by molar-refractivity contribution is -0.130. The average molecular weight is 1210 g/mol. The molecule has 2 fully saturated rings. The molecule has 7 aromatic rings. The summed E-state index contributed by atoms with van der Waals surface area (Å²) in [5.41, 5.74) is -0.857. The molecule has 1 aromatic heterocycles. The molecule has 0 saturated carbocycles. The number of anilines is 3. The number of rotatable bonds is 17. The van der Waals surface area contributed by atoms with E-state index in [1.54, 1.807) is 48.5 Å². The van der Waals surface area contributed by atoms with Crippen LogP contribution in [-0.4, -0.2) is 134 Å². The molecule has 2 aliphatic rings. The van der Waals surface area contributed by atoms with Crippen molar-refractivity contribution in [3.63, 3.8) is 0 Å². The number of likely N-dealkylation sites (N-methyl/N-ethyl adjacent to an activating group) is 1. The van der Waals surface area contributed by atoms with Gasteiger partial charge in [-0.3, -0.25) is 24.2 Å². The predicted molar refractivity (Wildman–Crippen MR) is 325 cm³/mol. The molecule has 0 bridgehead atoms. The third-order valence-corrected chi connectivity index (χ3v) is 16.3. The maximum Gasteiger partial charge on any atom is 0.251 e. The molecular formula is C62H64Cl3F3N10O6. The SMILES string of the molecule is C/N=C/[C@]1(c2ccc(Cl)cc2F)[C@H](CC(C)(C)C)N[C@@H](C(=O)Nc2ccc(C(=O)NCCN(C)C(=O)CCNc3nc(N4CCN(C(C)=O)CC4)c4cc(Cl)c(-c5cc(O)cc6ccccc56)c(F)c4n3)cc2OC)[C@@H]1c1cccc(Cl)c1F. The van der Waals surface area contributed by atoms with Gasteiger partial charge in [0.2, 0.25) is 23.7 Å². The fraction of sp³-hybridized carbons (Fsp3) is 0.339. The lowest BCUT2D eigenvalue weighted by atomic mass is 9.62. The Balaban J connectivity index is 0.878. The molecule has 9 rings (SSSR count). The number of aliphatic imine (C=N–C) groups is 1. The van der Waals surface area contributed by atoms with Crippen LogP contribution in [0, 0.1) is 22.9 Å². The Hall–Kier alpha value is -7.71. The number of methoxy groups -OCH3 is 1. The highest BCUT2D eigenvalue weighted by Gasteiger charge is 2.60. The number of nitrogens with zero attached hydrogens (tertiary/aromatic N) is 6. The summed E-state index contributed by atoms with van der Waals surface area (Å²) < 4.78 is 55.6. The summed E-state index contributed by atoms with van der Waals surface area (Å²) in [6.45, 7) is 9.41. The third-order valence-electron chi connectivity index (χ3n) is 15.5. The molecule has 440 valence electrons. The number of amides is 4. The zero-order chi connectivity index (χ0) is 60.4. The zero-order valence-corrected chi connectivity index (χ0v) is 49.6. The van der Waals surface area contributed by atoms with E-state index in [2.05, 4.69) is 31.2 Å². The van der Waals surface area contributed by atoms with Gasteiger partial charge in [0.1, 0.15) is 34.5 Å². The summed E-state index contributed by atoms with van der Waals surface area (Å²) >= 11 is 19.6. The predicted octanol–water partition coefficient (Wildman–Crippen LogP) is 11.0. The first kappa shape index (κ1) is 60.9. The number of halogens is 6. The first-order chi connectivity index (χ1) is 40.0. The topological polar surface area (TPSA) is 194 Å². The van der Waals surface area contributed by atoms with Crippen molar-refractivity contribution in [1.29, 1.82) is 0 Å². The minimum absolute atomic E-state index is 0.0277. The number of phenols is 1. The molecule has 2 aliphatic heterocycles. The van der Waals surface area contributed by atoms with Gasteiger partial charge in [-0.2, -0.15) is 4.98 Å². The summed E-state index contributed by atoms with van der Waals surface area (Å²) in [5.74, 6) is -4.23. The molecule has 22 heteroatoms. The van der Waals surface area contributed by atoms with Gasteiger partial charge in [-0.25, -0.2) is 18.2 Å². The second-order valence-electron chi connectivity index (χ2n) is 22.2. The van der Waals surface area contributed by atoms with Crippen molar-refractivity contribution in [2.45, 2.75) is 64.0 Å². The fourth-order valence-corrected chi connectivity index (χ4v) is 12.2. The van der Waals surface area contributed by atoms with Crippen LogP contribution in [-0.2, 0) is 19.8 Å². The molecule has 2 saturated heterocycles. The number of carbonyl (C=O) groups excluding carboxylic acids is 4. The number of fused-ring (bicyclic) bond motifs is 2. The standard InChI is InChI=1S/C62H64Cl3F3N10O6/c1-34(79)77-23-25-78(26-24-77)57-42-31-45(65)51(41-30-38(80)27-35-11-8-9-12-39(35)41)54(68)55(42)74-60(75-57)71-20-19-50(81)76(6)22-21-70-58(82)36-15-18-47(48(28-36)84-7)72-59(83)56-52(40-13-10-14-44(64)53(40)67)62(33-69-5,49(73-56)32-61(2,3)4)43-17-16-37(63)29-46(43)66/h8-18,27-31,33,49,52,56,73,80H,19-26,32H2,1-7H3,(H,70,82)(H,72,83)(H,71,74,75)/b69-33+/t49-,52-,56+,62-/m0/s1. The van der Waals surface area contributed by atoms with Crippen LogP contribution in [0.25, 0.3) is 32.8 Å². The number of hydrogen-bond acceptors (Lipinski definition) is 12.